The zero-order valence-electron chi connectivity index (χ0n) is 13.1. The van der Waals surface area contributed by atoms with Crippen molar-refractivity contribution in [3.05, 3.63) is 0 Å². The van der Waals surface area contributed by atoms with Crippen molar-refractivity contribution in [3.8, 4) is 0 Å². The normalized spacial score (nSPS) is 29.8. The minimum absolute atomic E-state index is 0.253. The number of nitrogens with zero attached hydrogens (tertiary/aromatic N) is 1. The second kappa shape index (κ2) is 7.05. The topological polar surface area (TPSA) is 24.5 Å². The average Bonchev–Trinajstić information content (AvgIpc) is 2.82. The van der Waals surface area contributed by atoms with Gasteiger partial charge in [0.05, 0.1) is 6.10 Å². The van der Waals surface area contributed by atoms with Gasteiger partial charge in [-0.15, -0.1) is 0 Å². The third-order valence-electron chi connectivity index (χ3n) is 4.33. The lowest BCUT2D eigenvalue weighted by Gasteiger charge is -2.25. The molecule has 0 aromatic carbocycles. The van der Waals surface area contributed by atoms with Crippen molar-refractivity contribution < 1.29 is 4.74 Å². The predicted octanol–water partition coefficient (Wildman–Crippen LogP) is 2.66. The molecule has 2 fully saturated rings. The van der Waals surface area contributed by atoms with Gasteiger partial charge in [0.1, 0.15) is 0 Å². The van der Waals surface area contributed by atoms with Gasteiger partial charge >= 0.3 is 0 Å². The minimum Gasteiger partial charge on any atom is -0.378 e. The van der Waals surface area contributed by atoms with Crippen molar-refractivity contribution >= 4 is 0 Å². The molecule has 0 aromatic rings. The van der Waals surface area contributed by atoms with Crippen molar-refractivity contribution in [2.24, 2.45) is 5.92 Å². The molecular weight excluding hydrogens is 236 g/mol. The van der Waals surface area contributed by atoms with Gasteiger partial charge in [0.2, 0.25) is 0 Å². The van der Waals surface area contributed by atoms with Gasteiger partial charge in [-0.2, -0.15) is 0 Å². The quantitative estimate of drug-likeness (QED) is 0.829. The Morgan fingerprint density at radius 2 is 2.05 bits per heavy atom. The van der Waals surface area contributed by atoms with Crippen LogP contribution in [-0.2, 0) is 4.74 Å². The lowest BCUT2D eigenvalue weighted by atomic mass is 10.1. The molecule has 0 aromatic heterocycles. The monoisotopic (exact) mass is 268 g/mol. The van der Waals surface area contributed by atoms with Crippen LogP contribution in [-0.4, -0.2) is 49.3 Å². The molecule has 0 saturated carbocycles. The summed E-state index contributed by atoms with van der Waals surface area (Å²) >= 11 is 0. The molecule has 112 valence electrons. The highest BCUT2D eigenvalue weighted by molar-refractivity contribution is 4.81. The number of rotatable bonds is 5. The van der Waals surface area contributed by atoms with E-state index in [4.69, 9.17) is 4.74 Å². The molecule has 2 aliphatic heterocycles. The van der Waals surface area contributed by atoms with E-state index in [1.807, 2.05) is 0 Å². The van der Waals surface area contributed by atoms with Crippen LogP contribution >= 0.6 is 0 Å². The molecule has 2 saturated heterocycles. The fourth-order valence-electron chi connectivity index (χ4n) is 3.09. The predicted molar refractivity (Wildman–Crippen MR) is 80.5 cm³/mol. The van der Waals surface area contributed by atoms with Crippen LogP contribution < -0.4 is 5.32 Å². The van der Waals surface area contributed by atoms with E-state index in [0.717, 1.165) is 12.5 Å². The van der Waals surface area contributed by atoms with Gasteiger partial charge in [-0.05, 0) is 71.9 Å². The summed E-state index contributed by atoms with van der Waals surface area (Å²) in [5, 5.41) is 3.64. The fraction of sp³-hybridized carbons (Fsp3) is 1.00. The van der Waals surface area contributed by atoms with Crippen LogP contribution in [0.2, 0.25) is 0 Å². The van der Waals surface area contributed by atoms with Gasteiger partial charge in [0.25, 0.3) is 0 Å². The van der Waals surface area contributed by atoms with Gasteiger partial charge in [0.15, 0.2) is 0 Å². The Balaban J connectivity index is 1.59. The Bertz CT molecular complexity index is 256. The van der Waals surface area contributed by atoms with Gasteiger partial charge in [-0.1, -0.05) is 0 Å². The number of hydrogen-bond acceptors (Lipinski definition) is 3. The smallest absolute Gasteiger partial charge is 0.0587 e. The largest absolute Gasteiger partial charge is 0.378 e. The maximum absolute atomic E-state index is 5.82. The Morgan fingerprint density at radius 1 is 1.21 bits per heavy atom. The molecule has 0 radical (unpaired) electrons. The van der Waals surface area contributed by atoms with E-state index in [-0.39, 0.29) is 5.54 Å². The fourth-order valence-corrected chi connectivity index (χ4v) is 3.09. The highest BCUT2D eigenvalue weighted by Gasteiger charge is 2.24. The third kappa shape index (κ3) is 5.80. The SMILES string of the molecule is CC(C)(C)NCC1CCN(CCC2CCCCO2)C1. The van der Waals surface area contributed by atoms with Crippen molar-refractivity contribution in [2.45, 2.75) is 64.5 Å². The van der Waals surface area contributed by atoms with Crippen molar-refractivity contribution in [3.63, 3.8) is 0 Å². The highest BCUT2D eigenvalue weighted by atomic mass is 16.5. The second-order valence-electron chi connectivity index (χ2n) is 7.36. The molecule has 0 bridgehead atoms. The first-order valence-corrected chi connectivity index (χ1v) is 8.12. The summed E-state index contributed by atoms with van der Waals surface area (Å²) in [7, 11) is 0. The summed E-state index contributed by atoms with van der Waals surface area (Å²) in [5.74, 6) is 0.839. The lowest BCUT2D eigenvalue weighted by molar-refractivity contribution is 0.00648. The molecular formula is C16H32N2O. The number of ether oxygens (including phenoxy) is 1. The number of likely N-dealkylation sites (tertiary alicyclic amines) is 1. The molecule has 2 unspecified atom stereocenters. The summed E-state index contributed by atoms with van der Waals surface area (Å²) in [6.45, 7) is 12.7. The number of hydrogen-bond donors (Lipinski definition) is 1. The third-order valence-corrected chi connectivity index (χ3v) is 4.33. The van der Waals surface area contributed by atoms with E-state index >= 15 is 0 Å². The molecule has 3 nitrogen and oxygen atoms in total. The van der Waals surface area contributed by atoms with E-state index < -0.39 is 0 Å². The van der Waals surface area contributed by atoms with E-state index in [1.165, 1.54) is 58.3 Å². The van der Waals surface area contributed by atoms with E-state index in [1.54, 1.807) is 0 Å². The van der Waals surface area contributed by atoms with E-state index in [9.17, 15) is 0 Å². The number of nitrogens with one attached hydrogen (secondary N) is 1. The first-order chi connectivity index (χ1) is 9.03. The van der Waals surface area contributed by atoms with Crippen molar-refractivity contribution in [1.29, 1.82) is 0 Å². The van der Waals surface area contributed by atoms with Crippen LogP contribution in [0.1, 0.15) is 52.9 Å². The summed E-state index contributed by atoms with van der Waals surface area (Å²) in [6.07, 6.45) is 7.04. The highest BCUT2D eigenvalue weighted by Crippen LogP contribution is 2.20. The maximum Gasteiger partial charge on any atom is 0.0587 e. The molecule has 0 amide bonds. The molecule has 0 aliphatic carbocycles. The summed E-state index contributed by atoms with van der Waals surface area (Å²) in [4.78, 5) is 2.63. The Kier molecular flexibility index (Phi) is 5.67. The molecule has 1 N–H and O–H groups in total. The Labute approximate surface area is 119 Å². The van der Waals surface area contributed by atoms with Gasteiger partial charge < -0.3 is 15.0 Å². The summed E-state index contributed by atoms with van der Waals surface area (Å²) in [6, 6.07) is 0. The molecule has 3 heteroatoms. The zero-order valence-corrected chi connectivity index (χ0v) is 13.1. The van der Waals surface area contributed by atoms with Gasteiger partial charge in [-0.25, -0.2) is 0 Å². The first kappa shape index (κ1) is 15.3. The average molecular weight is 268 g/mol. The van der Waals surface area contributed by atoms with Gasteiger partial charge in [-0.3, -0.25) is 0 Å². The van der Waals surface area contributed by atoms with Crippen LogP contribution in [0.5, 0.6) is 0 Å². The molecule has 19 heavy (non-hydrogen) atoms. The van der Waals surface area contributed by atoms with Crippen LogP contribution in [0.15, 0.2) is 0 Å². The van der Waals surface area contributed by atoms with Crippen molar-refractivity contribution in [2.75, 3.05) is 32.8 Å². The first-order valence-electron chi connectivity index (χ1n) is 8.12. The summed E-state index contributed by atoms with van der Waals surface area (Å²) in [5.41, 5.74) is 0.253. The van der Waals surface area contributed by atoms with Crippen LogP contribution in [0, 0.1) is 5.92 Å². The Hall–Kier alpha value is -0.120. The van der Waals surface area contributed by atoms with Crippen LogP contribution in [0.4, 0.5) is 0 Å². The zero-order chi connectivity index (χ0) is 13.7. The minimum atomic E-state index is 0.253. The van der Waals surface area contributed by atoms with Crippen LogP contribution in [0.25, 0.3) is 0 Å². The maximum atomic E-state index is 5.82. The second-order valence-corrected chi connectivity index (χ2v) is 7.36. The van der Waals surface area contributed by atoms with E-state index in [2.05, 4.69) is 31.0 Å². The van der Waals surface area contributed by atoms with E-state index in [0.29, 0.717) is 6.10 Å². The standard InChI is InChI=1S/C16H32N2O/c1-16(2,3)17-12-14-7-9-18(13-14)10-8-15-6-4-5-11-19-15/h14-15,17H,4-13H2,1-3H3. The molecule has 2 atom stereocenters. The van der Waals surface area contributed by atoms with Gasteiger partial charge in [0, 0.05) is 25.2 Å². The van der Waals surface area contributed by atoms with Crippen molar-refractivity contribution in [1.82, 2.24) is 10.2 Å². The van der Waals surface area contributed by atoms with Crippen LogP contribution in [0.3, 0.4) is 0 Å². The molecule has 2 aliphatic rings. The Morgan fingerprint density at radius 3 is 2.74 bits per heavy atom. The lowest BCUT2D eigenvalue weighted by Crippen LogP contribution is -2.39. The molecule has 0 spiro atoms. The molecule has 2 rings (SSSR count). The molecule has 2 heterocycles. The summed E-state index contributed by atoms with van der Waals surface area (Å²) < 4.78 is 5.82.